The topological polar surface area (TPSA) is 35.5 Å². The maximum atomic E-state index is 13.7. The number of hydrogen-bond donors (Lipinski definition) is 0. The Labute approximate surface area is 122 Å². The van der Waals surface area contributed by atoms with Gasteiger partial charge in [-0.3, -0.25) is 4.79 Å². The molecule has 3 nitrogen and oxygen atoms in total. The minimum absolute atomic E-state index is 0.0573. The summed E-state index contributed by atoms with van der Waals surface area (Å²) in [6.45, 7) is 3.27. The van der Waals surface area contributed by atoms with Gasteiger partial charge in [0.2, 0.25) is 0 Å². The maximum absolute atomic E-state index is 13.7. The molecule has 1 unspecified atom stereocenters. The second kappa shape index (κ2) is 5.56. The van der Waals surface area contributed by atoms with Crippen molar-refractivity contribution >= 4 is 6.29 Å². The van der Waals surface area contributed by atoms with Crippen LogP contribution in [0.5, 0.6) is 11.5 Å². The molecular weight excluding hydrogens is 271 g/mol. The summed E-state index contributed by atoms with van der Waals surface area (Å²) in [6.07, 6.45) is 0.508. The van der Waals surface area contributed by atoms with Crippen LogP contribution in [0.2, 0.25) is 0 Å². The summed E-state index contributed by atoms with van der Waals surface area (Å²) in [5.41, 5.74) is 1.58. The number of rotatable bonds is 2. The van der Waals surface area contributed by atoms with Gasteiger partial charge in [0.1, 0.15) is 5.82 Å². The first-order chi connectivity index (χ1) is 10.2. The first-order valence-electron chi connectivity index (χ1n) is 6.82. The third kappa shape index (κ3) is 2.75. The Kier molecular flexibility index (Phi) is 3.60. The number of benzene rings is 2. The van der Waals surface area contributed by atoms with Crippen molar-refractivity contribution in [3.8, 4) is 22.6 Å². The molecule has 4 heteroatoms. The molecule has 1 heterocycles. The summed E-state index contributed by atoms with van der Waals surface area (Å²) in [5.74, 6) is 1.17. The van der Waals surface area contributed by atoms with Crippen LogP contribution in [-0.4, -0.2) is 19.5 Å². The van der Waals surface area contributed by atoms with E-state index in [0.717, 1.165) is 5.56 Å². The smallest absolute Gasteiger partial charge is 0.161 e. The lowest BCUT2D eigenvalue weighted by molar-refractivity contribution is 0.112. The predicted octanol–water partition coefficient (Wildman–Crippen LogP) is 3.71. The van der Waals surface area contributed by atoms with Gasteiger partial charge in [0, 0.05) is 5.92 Å². The van der Waals surface area contributed by atoms with Crippen LogP contribution in [-0.2, 0) is 0 Å². The fourth-order valence-corrected chi connectivity index (χ4v) is 2.23. The molecule has 0 aromatic heterocycles. The second-order valence-electron chi connectivity index (χ2n) is 5.24. The van der Waals surface area contributed by atoms with E-state index in [9.17, 15) is 9.18 Å². The van der Waals surface area contributed by atoms with Crippen LogP contribution in [0.4, 0.5) is 4.39 Å². The highest BCUT2D eigenvalue weighted by molar-refractivity contribution is 5.77. The number of ether oxygens (including phenoxy) is 2. The number of carbonyl (C=O) groups is 1. The predicted molar refractivity (Wildman–Crippen MR) is 77.4 cm³/mol. The molecule has 0 bridgehead atoms. The van der Waals surface area contributed by atoms with E-state index in [2.05, 4.69) is 6.92 Å². The molecule has 1 aliphatic rings. The van der Waals surface area contributed by atoms with Crippen molar-refractivity contribution < 1.29 is 18.7 Å². The average molecular weight is 286 g/mol. The summed E-state index contributed by atoms with van der Waals surface area (Å²) in [5, 5.41) is 0. The van der Waals surface area contributed by atoms with Crippen molar-refractivity contribution in [3.05, 3.63) is 47.8 Å². The van der Waals surface area contributed by atoms with E-state index in [4.69, 9.17) is 9.47 Å². The van der Waals surface area contributed by atoms with Gasteiger partial charge in [-0.2, -0.15) is 0 Å². The standard InChI is InChI=1S/C17H15FO3/c1-11-9-20-16-5-4-13(7-17(16)21-10-11)12-2-3-14(8-19)15(18)6-12/h2-8,11H,9-10H2,1H3. The van der Waals surface area contributed by atoms with Crippen molar-refractivity contribution in [3.63, 3.8) is 0 Å². The van der Waals surface area contributed by atoms with Crippen molar-refractivity contribution in [1.29, 1.82) is 0 Å². The molecule has 1 aliphatic heterocycles. The molecule has 21 heavy (non-hydrogen) atoms. The van der Waals surface area contributed by atoms with Crippen molar-refractivity contribution in [2.45, 2.75) is 6.92 Å². The molecule has 2 aromatic carbocycles. The molecule has 0 aliphatic carbocycles. The summed E-state index contributed by atoms with van der Waals surface area (Å²) in [7, 11) is 0. The molecule has 0 radical (unpaired) electrons. The highest BCUT2D eigenvalue weighted by Crippen LogP contribution is 2.35. The molecule has 0 spiro atoms. The number of hydrogen-bond acceptors (Lipinski definition) is 3. The van der Waals surface area contributed by atoms with Crippen molar-refractivity contribution in [2.75, 3.05) is 13.2 Å². The van der Waals surface area contributed by atoms with Crippen LogP contribution < -0.4 is 9.47 Å². The summed E-state index contributed by atoms with van der Waals surface area (Å²) < 4.78 is 25.1. The first-order valence-corrected chi connectivity index (χ1v) is 6.82. The third-order valence-electron chi connectivity index (χ3n) is 3.45. The highest BCUT2D eigenvalue weighted by atomic mass is 19.1. The van der Waals surface area contributed by atoms with Crippen LogP contribution in [0.15, 0.2) is 36.4 Å². The SMILES string of the molecule is CC1COc2ccc(-c3ccc(C=O)c(F)c3)cc2OC1. The number of carbonyl (C=O) groups excluding carboxylic acids is 1. The van der Waals surface area contributed by atoms with E-state index in [-0.39, 0.29) is 5.56 Å². The lowest BCUT2D eigenvalue weighted by Crippen LogP contribution is -2.12. The Morgan fingerprint density at radius 2 is 1.71 bits per heavy atom. The van der Waals surface area contributed by atoms with E-state index < -0.39 is 5.82 Å². The first kappa shape index (κ1) is 13.6. The van der Waals surface area contributed by atoms with Gasteiger partial charge in [0.15, 0.2) is 17.8 Å². The normalized spacial score (nSPS) is 17.1. The largest absolute Gasteiger partial charge is 0.489 e. The second-order valence-corrected chi connectivity index (χ2v) is 5.24. The average Bonchev–Trinajstić information content (AvgIpc) is 2.69. The molecule has 2 aromatic rings. The van der Waals surface area contributed by atoms with Crippen LogP contribution >= 0.6 is 0 Å². The molecule has 0 N–H and O–H groups in total. The fourth-order valence-electron chi connectivity index (χ4n) is 2.23. The molecule has 3 rings (SSSR count). The quantitative estimate of drug-likeness (QED) is 0.789. The number of aldehydes is 1. The Balaban J connectivity index is 1.97. The van der Waals surface area contributed by atoms with Crippen LogP contribution in [0, 0.1) is 11.7 Å². The molecule has 1 atom stereocenters. The van der Waals surface area contributed by atoms with E-state index in [0.29, 0.717) is 42.5 Å². The van der Waals surface area contributed by atoms with Gasteiger partial charge < -0.3 is 9.47 Å². The van der Waals surface area contributed by atoms with Gasteiger partial charge >= 0.3 is 0 Å². The third-order valence-corrected chi connectivity index (χ3v) is 3.45. The Morgan fingerprint density at radius 3 is 2.43 bits per heavy atom. The zero-order valence-corrected chi connectivity index (χ0v) is 11.6. The van der Waals surface area contributed by atoms with Gasteiger partial charge in [0.25, 0.3) is 0 Å². The van der Waals surface area contributed by atoms with E-state index in [1.807, 2.05) is 18.2 Å². The molecule has 0 saturated carbocycles. The maximum Gasteiger partial charge on any atom is 0.161 e. The van der Waals surface area contributed by atoms with Crippen LogP contribution in [0.25, 0.3) is 11.1 Å². The fraction of sp³-hybridized carbons (Fsp3) is 0.235. The van der Waals surface area contributed by atoms with Crippen molar-refractivity contribution in [2.24, 2.45) is 5.92 Å². The minimum Gasteiger partial charge on any atom is -0.489 e. The summed E-state index contributed by atoms with van der Waals surface area (Å²) >= 11 is 0. The number of halogens is 1. The van der Waals surface area contributed by atoms with E-state index in [1.165, 1.54) is 12.1 Å². The van der Waals surface area contributed by atoms with Gasteiger partial charge in [-0.25, -0.2) is 4.39 Å². The lowest BCUT2D eigenvalue weighted by Gasteiger charge is -2.10. The van der Waals surface area contributed by atoms with E-state index in [1.54, 1.807) is 6.07 Å². The molecular formula is C17H15FO3. The zero-order valence-electron chi connectivity index (χ0n) is 11.6. The molecule has 0 amide bonds. The Hall–Kier alpha value is -2.36. The van der Waals surface area contributed by atoms with Crippen molar-refractivity contribution in [1.82, 2.24) is 0 Å². The highest BCUT2D eigenvalue weighted by Gasteiger charge is 2.16. The van der Waals surface area contributed by atoms with Gasteiger partial charge in [0.05, 0.1) is 18.8 Å². The Bertz CT molecular complexity index is 682. The summed E-state index contributed by atoms with van der Waals surface area (Å²) in [6, 6.07) is 10.1. The van der Waals surface area contributed by atoms with E-state index >= 15 is 0 Å². The number of fused-ring (bicyclic) bond motifs is 1. The summed E-state index contributed by atoms with van der Waals surface area (Å²) in [4.78, 5) is 10.7. The molecule has 0 saturated heterocycles. The molecule has 108 valence electrons. The monoisotopic (exact) mass is 286 g/mol. The van der Waals surface area contributed by atoms with Crippen LogP contribution in [0.1, 0.15) is 17.3 Å². The molecule has 0 fully saturated rings. The Morgan fingerprint density at radius 1 is 1.05 bits per heavy atom. The zero-order chi connectivity index (χ0) is 14.8. The minimum atomic E-state index is -0.525. The van der Waals surface area contributed by atoms with Gasteiger partial charge in [-0.15, -0.1) is 0 Å². The van der Waals surface area contributed by atoms with Gasteiger partial charge in [-0.1, -0.05) is 19.1 Å². The van der Waals surface area contributed by atoms with Crippen LogP contribution in [0.3, 0.4) is 0 Å². The lowest BCUT2D eigenvalue weighted by atomic mass is 10.0. The van der Waals surface area contributed by atoms with Gasteiger partial charge in [-0.05, 0) is 35.4 Å².